The van der Waals surface area contributed by atoms with Gasteiger partial charge in [-0.25, -0.2) is 0 Å². The molecular weight excluding hydrogens is 665 g/mol. The predicted molar refractivity (Wildman–Crippen MR) is 203 cm³/mol. The van der Waals surface area contributed by atoms with Crippen LogP contribution in [0.4, 0.5) is 5.69 Å². The van der Waals surface area contributed by atoms with E-state index in [9.17, 15) is 24.4 Å². The monoisotopic (exact) mass is 710 g/mol. The van der Waals surface area contributed by atoms with E-state index in [-0.39, 0.29) is 36.0 Å². The van der Waals surface area contributed by atoms with Gasteiger partial charge in [0.25, 0.3) is 5.91 Å². The number of hydrogen-bond acceptors (Lipinski definition) is 7. The average Bonchev–Trinajstić information content (AvgIpc) is 3.72. The molecule has 10 nitrogen and oxygen atoms in total. The first kappa shape index (κ1) is 34.8. The van der Waals surface area contributed by atoms with E-state index < -0.39 is 11.5 Å². The van der Waals surface area contributed by atoms with Gasteiger partial charge in [-0.05, 0) is 72.6 Å². The maximum Gasteiger partial charge on any atom is 0.255 e. The maximum absolute atomic E-state index is 14.1. The first-order chi connectivity index (χ1) is 25.6. The number of aromatic amines is 1. The van der Waals surface area contributed by atoms with Gasteiger partial charge < -0.3 is 20.1 Å². The molecule has 1 aromatic heterocycles. The number of ketones is 1. The van der Waals surface area contributed by atoms with Crippen LogP contribution in [0, 0.1) is 11.3 Å². The van der Waals surface area contributed by atoms with Gasteiger partial charge in [-0.3, -0.25) is 24.5 Å². The third-order valence-electron chi connectivity index (χ3n) is 12.1. The van der Waals surface area contributed by atoms with Gasteiger partial charge in [0, 0.05) is 66.3 Å². The molecule has 0 saturated carbocycles. The molecule has 2 atom stereocenters. The van der Waals surface area contributed by atoms with Crippen molar-refractivity contribution in [2.45, 2.75) is 96.2 Å². The number of carbonyl (C=O) groups excluding carboxylic acids is 4. The smallest absolute Gasteiger partial charge is 0.255 e. The van der Waals surface area contributed by atoms with E-state index in [1.165, 1.54) is 0 Å². The van der Waals surface area contributed by atoms with E-state index in [0.29, 0.717) is 24.1 Å². The lowest BCUT2D eigenvalue weighted by molar-refractivity contribution is -0.136. The van der Waals surface area contributed by atoms with Gasteiger partial charge in [-0.15, -0.1) is 0 Å². The summed E-state index contributed by atoms with van der Waals surface area (Å²) in [5.74, 6) is -0.760. The van der Waals surface area contributed by atoms with Gasteiger partial charge >= 0.3 is 0 Å². The van der Waals surface area contributed by atoms with Gasteiger partial charge in [0.1, 0.15) is 12.1 Å². The fourth-order valence-corrected chi connectivity index (χ4v) is 9.17. The highest BCUT2D eigenvalue weighted by molar-refractivity contribution is 6.21. The summed E-state index contributed by atoms with van der Waals surface area (Å²) >= 11 is 0. The molecule has 3 aromatic carbocycles. The predicted octanol–water partition coefficient (Wildman–Crippen LogP) is 5.81. The standard InChI is InChI=1S/C43H46N6O4/c1-4-25-13-16-33-31(21-25)39(51)36-30-15-14-27(22-44)38(37(30)47-40(36)43(33,2)3)48-20-19-45-28(23-48)11-7-5-6-9-26-10-8-12-29-32(26)24-49(42(29)53)34-17-18-35(50)46-41(34)52/h8,10,12-16,21,28,34,45,47H,4-7,9,11,17-20,23-24H2,1-3H3,(H,46,50,52). The lowest BCUT2D eigenvalue weighted by atomic mass is 9.71. The lowest BCUT2D eigenvalue weighted by Gasteiger charge is -2.36. The number of carbonyl (C=O) groups is 4. The number of aryl methyl sites for hydroxylation is 2. The maximum atomic E-state index is 14.1. The van der Waals surface area contributed by atoms with Crippen LogP contribution in [0.2, 0.25) is 0 Å². The molecule has 2 fully saturated rings. The minimum absolute atomic E-state index is 0.0448. The highest BCUT2D eigenvalue weighted by Gasteiger charge is 2.41. The Morgan fingerprint density at radius 2 is 1.85 bits per heavy atom. The van der Waals surface area contributed by atoms with Crippen molar-refractivity contribution >= 4 is 40.1 Å². The van der Waals surface area contributed by atoms with Crippen LogP contribution in [0.25, 0.3) is 10.9 Å². The molecule has 272 valence electrons. The molecule has 4 aliphatic rings. The molecule has 0 spiro atoms. The number of rotatable bonds is 9. The highest BCUT2D eigenvalue weighted by Crippen LogP contribution is 2.46. The Balaban J connectivity index is 0.938. The van der Waals surface area contributed by atoms with Gasteiger partial charge in [-0.1, -0.05) is 63.9 Å². The SMILES string of the molecule is CCc1ccc2c(c1)C(=O)c1c([nH]c3c(N4CCNC(CCCCCc5cccc6c5CN(C5CCC(=O)NC5=O)C6=O)C4)c(C#N)ccc13)C2(C)C. The second-order valence-corrected chi connectivity index (χ2v) is 15.6. The Bertz CT molecular complexity index is 2230. The fourth-order valence-electron chi connectivity index (χ4n) is 9.17. The quantitative estimate of drug-likeness (QED) is 0.147. The number of nitriles is 1. The van der Waals surface area contributed by atoms with E-state index in [1.807, 2.05) is 24.3 Å². The molecule has 1 aliphatic carbocycles. The number of aromatic nitrogens is 1. The van der Waals surface area contributed by atoms with Crippen LogP contribution in [0.1, 0.15) is 119 Å². The van der Waals surface area contributed by atoms with Crippen LogP contribution in [0.15, 0.2) is 48.5 Å². The molecule has 8 rings (SSSR count). The molecule has 0 bridgehead atoms. The number of piperidine rings is 1. The Hall–Kier alpha value is -5.27. The summed E-state index contributed by atoms with van der Waals surface area (Å²) < 4.78 is 0. The van der Waals surface area contributed by atoms with Crippen LogP contribution in [-0.2, 0) is 34.4 Å². The zero-order chi connectivity index (χ0) is 37.0. The summed E-state index contributed by atoms with van der Waals surface area (Å²) in [7, 11) is 0. The molecule has 53 heavy (non-hydrogen) atoms. The van der Waals surface area contributed by atoms with Gasteiger partial charge in [0.15, 0.2) is 5.78 Å². The minimum atomic E-state index is -0.609. The molecule has 0 radical (unpaired) electrons. The number of piperazine rings is 1. The van der Waals surface area contributed by atoms with E-state index in [2.05, 4.69) is 71.6 Å². The van der Waals surface area contributed by atoms with E-state index in [0.717, 1.165) is 114 Å². The van der Waals surface area contributed by atoms with Crippen LogP contribution in [0.5, 0.6) is 0 Å². The van der Waals surface area contributed by atoms with Crippen LogP contribution in [0.3, 0.4) is 0 Å². The van der Waals surface area contributed by atoms with Crippen molar-refractivity contribution in [1.82, 2.24) is 20.5 Å². The van der Waals surface area contributed by atoms with Gasteiger partial charge in [0.05, 0.1) is 22.3 Å². The van der Waals surface area contributed by atoms with Gasteiger partial charge in [0.2, 0.25) is 11.8 Å². The van der Waals surface area contributed by atoms with Crippen LogP contribution < -0.4 is 15.5 Å². The molecule has 3 N–H and O–H groups in total. The Morgan fingerprint density at radius 3 is 2.64 bits per heavy atom. The first-order valence-electron chi connectivity index (χ1n) is 19.1. The molecule has 10 heteroatoms. The summed E-state index contributed by atoms with van der Waals surface area (Å²) in [5.41, 5.74) is 9.35. The number of fused-ring (bicyclic) bond motifs is 5. The number of hydrogen-bond donors (Lipinski definition) is 3. The van der Waals surface area contributed by atoms with Crippen molar-refractivity contribution in [3.05, 3.63) is 98.7 Å². The number of amides is 3. The number of H-pyrrole nitrogens is 1. The van der Waals surface area contributed by atoms with E-state index >= 15 is 0 Å². The van der Waals surface area contributed by atoms with Gasteiger partial charge in [-0.2, -0.15) is 5.26 Å². The van der Waals surface area contributed by atoms with Crippen molar-refractivity contribution in [1.29, 1.82) is 5.26 Å². The molecule has 4 aromatic rings. The summed E-state index contributed by atoms with van der Waals surface area (Å²) in [5, 5.41) is 17.2. The Labute approximate surface area is 309 Å². The number of benzene rings is 3. The lowest BCUT2D eigenvalue weighted by Crippen LogP contribution is -2.52. The third kappa shape index (κ3) is 5.91. The second-order valence-electron chi connectivity index (χ2n) is 15.6. The van der Waals surface area contributed by atoms with Crippen LogP contribution in [-0.4, -0.2) is 65.1 Å². The number of imide groups is 1. The second kappa shape index (κ2) is 13.6. The summed E-state index contributed by atoms with van der Waals surface area (Å²) in [6.45, 7) is 9.18. The number of anilines is 1. The zero-order valence-corrected chi connectivity index (χ0v) is 30.7. The van der Waals surface area contributed by atoms with Crippen molar-refractivity contribution < 1.29 is 19.2 Å². The molecule has 2 saturated heterocycles. The zero-order valence-electron chi connectivity index (χ0n) is 30.7. The number of unbranched alkanes of at least 4 members (excludes halogenated alkanes) is 2. The molecular formula is C43H46N6O4. The summed E-state index contributed by atoms with van der Waals surface area (Å²) in [6, 6.07) is 18.0. The Kier molecular flexibility index (Phi) is 8.94. The topological polar surface area (TPSA) is 138 Å². The summed E-state index contributed by atoms with van der Waals surface area (Å²) in [6.07, 6.45) is 6.37. The Morgan fingerprint density at radius 1 is 1.00 bits per heavy atom. The average molecular weight is 711 g/mol. The van der Waals surface area contributed by atoms with E-state index in [4.69, 9.17) is 0 Å². The molecule has 3 amide bonds. The first-order valence-corrected chi connectivity index (χ1v) is 19.1. The molecule has 3 aliphatic heterocycles. The minimum Gasteiger partial charge on any atom is -0.366 e. The molecule has 2 unspecified atom stereocenters. The third-order valence-corrected chi connectivity index (χ3v) is 12.1. The molecule has 4 heterocycles. The largest absolute Gasteiger partial charge is 0.366 e. The van der Waals surface area contributed by atoms with Crippen molar-refractivity contribution in [3.63, 3.8) is 0 Å². The van der Waals surface area contributed by atoms with Crippen molar-refractivity contribution in [3.8, 4) is 6.07 Å². The van der Waals surface area contributed by atoms with Crippen molar-refractivity contribution in [2.24, 2.45) is 0 Å². The van der Waals surface area contributed by atoms with E-state index in [1.54, 1.807) is 4.90 Å². The number of nitrogens with one attached hydrogen (secondary N) is 3. The number of nitrogens with zero attached hydrogens (tertiary/aromatic N) is 3. The normalized spacial score (nSPS) is 20.6. The fraction of sp³-hybridized carbons (Fsp3) is 0.419. The highest BCUT2D eigenvalue weighted by atomic mass is 16.2. The summed E-state index contributed by atoms with van der Waals surface area (Å²) in [4.78, 5) is 59.2. The van der Waals surface area contributed by atoms with Crippen LogP contribution >= 0.6 is 0 Å². The van der Waals surface area contributed by atoms with Crippen molar-refractivity contribution in [2.75, 3.05) is 24.5 Å².